The molecule has 4 aliphatic carbocycles. The van der Waals surface area contributed by atoms with Crippen LogP contribution in [0, 0.1) is 40.9 Å². The highest BCUT2D eigenvalue weighted by Gasteiger charge is 2.63. The van der Waals surface area contributed by atoms with Gasteiger partial charge in [-0.1, -0.05) is 30.5 Å². The summed E-state index contributed by atoms with van der Waals surface area (Å²) in [5.41, 5.74) is 1.35. The van der Waals surface area contributed by atoms with Crippen molar-refractivity contribution in [2.75, 3.05) is 13.2 Å². The zero-order valence-corrected chi connectivity index (χ0v) is 21.8. The maximum Gasteiger partial charge on any atom is 0.261 e. The molecule has 0 unspecified atom stereocenters. The average Bonchev–Trinajstić information content (AvgIpc) is 2.98. The molecule has 2 amide bonds. The number of carbonyl (C=O) groups excluding carboxylic acids is 2. The molecule has 1 aliphatic heterocycles. The Morgan fingerprint density at radius 3 is 2.81 bits per heavy atom. The second-order valence-electron chi connectivity index (χ2n) is 12.3. The van der Waals surface area contributed by atoms with Crippen LogP contribution in [-0.4, -0.2) is 47.4 Å². The molecule has 3 N–H and O–H groups in total. The van der Waals surface area contributed by atoms with E-state index in [9.17, 15) is 14.7 Å². The zero-order chi connectivity index (χ0) is 25.6. The van der Waals surface area contributed by atoms with Crippen molar-refractivity contribution in [3.05, 3.63) is 11.6 Å². The first kappa shape index (κ1) is 25.3. The summed E-state index contributed by atoms with van der Waals surface area (Å²) in [5.74, 6) is 4.03. The molecule has 5 rings (SSSR count). The zero-order valence-electron chi connectivity index (χ0n) is 21.8. The molecule has 7 heteroatoms. The van der Waals surface area contributed by atoms with E-state index in [2.05, 4.69) is 41.6 Å². The molecule has 0 spiro atoms. The van der Waals surface area contributed by atoms with Gasteiger partial charge in [-0.15, -0.1) is 6.42 Å². The van der Waals surface area contributed by atoms with Gasteiger partial charge in [-0.05, 0) is 99.9 Å². The van der Waals surface area contributed by atoms with Gasteiger partial charge in [-0.25, -0.2) is 0 Å². The van der Waals surface area contributed by atoms with E-state index in [4.69, 9.17) is 11.3 Å². The molecule has 0 aromatic carbocycles. The van der Waals surface area contributed by atoms with E-state index in [1.165, 1.54) is 5.57 Å². The van der Waals surface area contributed by atoms with Crippen molar-refractivity contribution in [1.29, 1.82) is 0 Å². The van der Waals surface area contributed by atoms with Crippen LogP contribution in [0.1, 0.15) is 84.5 Å². The van der Waals surface area contributed by atoms with Crippen molar-refractivity contribution < 1.29 is 19.5 Å². The maximum absolute atomic E-state index is 12.3. The predicted molar refractivity (Wildman–Crippen MR) is 138 cm³/mol. The molecule has 4 fully saturated rings. The quantitative estimate of drug-likeness (QED) is 0.411. The Morgan fingerprint density at radius 1 is 1.19 bits per heavy atom. The highest BCUT2D eigenvalue weighted by Crippen LogP contribution is 2.67. The second-order valence-corrected chi connectivity index (χ2v) is 12.3. The number of allylic oxidation sites excluding steroid dienone is 2. The molecule has 0 radical (unpaired) electrons. The molecule has 0 bridgehead atoms. The summed E-state index contributed by atoms with van der Waals surface area (Å²) in [6.07, 6.45) is 18.4. The number of aliphatic hydroxyl groups is 1. The van der Waals surface area contributed by atoms with Gasteiger partial charge >= 0.3 is 0 Å². The lowest BCUT2D eigenvalue weighted by molar-refractivity contribution is -0.131. The number of carbonyl (C=O) groups is 2. The Hall–Kier alpha value is -2.33. The number of hydrogen-bond donors (Lipinski definition) is 3. The van der Waals surface area contributed by atoms with Gasteiger partial charge in [0.1, 0.15) is 11.6 Å². The topological polar surface area (TPSA) is 100 Å². The molecule has 36 heavy (non-hydrogen) atoms. The normalized spacial score (nSPS) is 43.1. The molecule has 7 atom stereocenters. The first-order valence-electron chi connectivity index (χ1n) is 13.9. The summed E-state index contributed by atoms with van der Waals surface area (Å²) in [6, 6.07) is -0.488. The standard InChI is InChI=1S/C29H41N3O4/c1-4-29(35)15-12-23-21-9-8-19-17-20(10-13-27(19,2)22(21)11-14-28(23,29)3)32-36-18-25(33)31-24-7-5-6-16-30-26(24)34/h1,17,21-24,35H,5-16,18H2,2-3H3,(H,30,34)(H,31,33)/t21-,22-,23-,24-,27+,28+,29-/m1/s1. The van der Waals surface area contributed by atoms with Crippen LogP contribution in [-0.2, 0) is 14.4 Å². The van der Waals surface area contributed by atoms with E-state index in [-0.39, 0.29) is 29.3 Å². The Morgan fingerprint density at radius 2 is 2.00 bits per heavy atom. The van der Waals surface area contributed by atoms with Crippen molar-refractivity contribution in [2.45, 2.75) is 96.1 Å². The summed E-state index contributed by atoms with van der Waals surface area (Å²) in [4.78, 5) is 29.8. The molecule has 7 nitrogen and oxygen atoms in total. The molecule has 1 heterocycles. The number of nitrogens with zero attached hydrogens (tertiary/aromatic N) is 1. The monoisotopic (exact) mass is 495 g/mol. The maximum atomic E-state index is 12.3. The van der Waals surface area contributed by atoms with E-state index in [0.717, 1.165) is 69.9 Å². The fraction of sp³-hybridized carbons (Fsp3) is 0.759. The first-order chi connectivity index (χ1) is 17.2. The molecule has 5 aliphatic rings. The van der Waals surface area contributed by atoms with Crippen molar-refractivity contribution in [3.8, 4) is 12.3 Å². The summed E-state index contributed by atoms with van der Waals surface area (Å²) >= 11 is 0. The van der Waals surface area contributed by atoms with Crippen molar-refractivity contribution in [2.24, 2.45) is 33.7 Å². The minimum atomic E-state index is -0.963. The molecule has 1 saturated heterocycles. The van der Waals surface area contributed by atoms with Crippen molar-refractivity contribution in [3.63, 3.8) is 0 Å². The van der Waals surface area contributed by atoms with E-state index in [1.54, 1.807) is 0 Å². The smallest absolute Gasteiger partial charge is 0.261 e. The van der Waals surface area contributed by atoms with Gasteiger partial charge in [0.05, 0.1) is 5.71 Å². The summed E-state index contributed by atoms with van der Waals surface area (Å²) < 4.78 is 0. The summed E-state index contributed by atoms with van der Waals surface area (Å²) in [6.45, 7) is 5.13. The van der Waals surface area contributed by atoms with Crippen LogP contribution < -0.4 is 10.6 Å². The third-order valence-electron chi connectivity index (χ3n) is 10.6. The first-order valence-corrected chi connectivity index (χ1v) is 13.9. The third kappa shape index (κ3) is 4.16. The van der Waals surface area contributed by atoms with Gasteiger partial charge in [0.25, 0.3) is 5.91 Å². The highest BCUT2D eigenvalue weighted by atomic mass is 16.6. The number of hydrogen-bond acceptors (Lipinski definition) is 5. The average molecular weight is 496 g/mol. The lowest BCUT2D eigenvalue weighted by Gasteiger charge is -2.58. The second kappa shape index (κ2) is 9.52. The van der Waals surface area contributed by atoms with Gasteiger partial charge in [-0.2, -0.15) is 0 Å². The van der Waals surface area contributed by atoms with Crippen molar-refractivity contribution in [1.82, 2.24) is 10.6 Å². The van der Waals surface area contributed by atoms with E-state index in [0.29, 0.717) is 30.7 Å². The number of fused-ring (bicyclic) bond motifs is 5. The van der Waals surface area contributed by atoms with Crippen LogP contribution in [0.5, 0.6) is 0 Å². The molecular formula is C29H41N3O4. The lowest BCUT2D eigenvalue weighted by Crippen LogP contribution is -2.54. The summed E-state index contributed by atoms with van der Waals surface area (Å²) in [5, 5.41) is 21.1. The predicted octanol–water partition coefficient (Wildman–Crippen LogP) is 3.47. The van der Waals surface area contributed by atoms with E-state index in [1.807, 2.05) is 0 Å². The van der Waals surface area contributed by atoms with Gasteiger partial charge < -0.3 is 20.6 Å². The lowest BCUT2D eigenvalue weighted by atomic mass is 9.46. The number of oxime groups is 1. The third-order valence-corrected chi connectivity index (χ3v) is 10.6. The fourth-order valence-corrected chi connectivity index (χ4v) is 8.38. The van der Waals surface area contributed by atoms with Crippen LogP contribution in [0.3, 0.4) is 0 Å². The number of amides is 2. The minimum absolute atomic E-state index is 0.122. The molecular weight excluding hydrogens is 454 g/mol. The largest absolute Gasteiger partial charge is 0.385 e. The Kier molecular flexibility index (Phi) is 6.70. The van der Waals surface area contributed by atoms with Gasteiger partial charge in [0, 0.05) is 12.0 Å². The Labute approximate surface area is 214 Å². The number of rotatable bonds is 4. The van der Waals surface area contributed by atoms with E-state index < -0.39 is 11.6 Å². The number of terminal acetylenes is 1. The van der Waals surface area contributed by atoms with E-state index >= 15 is 0 Å². The van der Waals surface area contributed by atoms with Crippen LogP contribution in [0.4, 0.5) is 0 Å². The Balaban J connectivity index is 1.21. The molecule has 3 saturated carbocycles. The van der Waals surface area contributed by atoms with Crippen LogP contribution in [0.15, 0.2) is 16.8 Å². The highest BCUT2D eigenvalue weighted by molar-refractivity contribution is 5.96. The fourth-order valence-electron chi connectivity index (χ4n) is 8.38. The Bertz CT molecular complexity index is 1010. The SMILES string of the molecule is C#C[C@@]1(O)CC[C@@H]2[C@@H]3CCC4=CC(=NOCC(=O)N[C@@H]5CCCCNC5=O)CC[C@]4(C)[C@@H]3CC[C@@]21C. The van der Waals surface area contributed by atoms with Crippen LogP contribution >= 0.6 is 0 Å². The molecule has 0 aromatic heterocycles. The summed E-state index contributed by atoms with van der Waals surface area (Å²) in [7, 11) is 0. The molecule has 196 valence electrons. The van der Waals surface area contributed by atoms with Crippen molar-refractivity contribution >= 4 is 17.5 Å². The molecule has 0 aromatic rings. The van der Waals surface area contributed by atoms with Gasteiger partial charge in [-0.3, -0.25) is 9.59 Å². The van der Waals surface area contributed by atoms with Crippen LogP contribution in [0.25, 0.3) is 0 Å². The number of nitrogens with one attached hydrogen (secondary N) is 2. The van der Waals surface area contributed by atoms with Gasteiger partial charge in [0.2, 0.25) is 5.91 Å². The van der Waals surface area contributed by atoms with Crippen LogP contribution in [0.2, 0.25) is 0 Å². The van der Waals surface area contributed by atoms with Gasteiger partial charge in [0.15, 0.2) is 6.61 Å². The minimum Gasteiger partial charge on any atom is -0.385 e.